The number of carbonyl (C=O) groups excluding carboxylic acids is 3. The molecule has 0 bridgehead atoms. The van der Waals surface area contributed by atoms with Crippen LogP contribution in [0.1, 0.15) is 83.7 Å². The van der Waals surface area contributed by atoms with Gasteiger partial charge < -0.3 is 25.8 Å². The lowest BCUT2D eigenvalue weighted by atomic mass is 10.00. The first-order valence-corrected chi connectivity index (χ1v) is 15.0. The van der Waals surface area contributed by atoms with E-state index in [1.54, 1.807) is 18.2 Å². The normalized spacial score (nSPS) is 14.1. The third-order valence-electron chi connectivity index (χ3n) is 8.15. The van der Waals surface area contributed by atoms with E-state index in [1.165, 1.54) is 0 Å². The monoisotopic (exact) mass is 569 g/mol. The molecule has 4 N–H and O–H groups in total. The van der Waals surface area contributed by atoms with Crippen LogP contribution in [0, 0.1) is 13.8 Å². The molecule has 0 saturated heterocycles. The Morgan fingerprint density at radius 1 is 1.02 bits per heavy atom. The number of aromatic nitrogens is 1. The Balaban J connectivity index is 1.48. The maximum atomic E-state index is 13.2. The predicted octanol–water partition coefficient (Wildman–Crippen LogP) is 5.40. The number of fused-ring (bicyclic) bond motifs is 1. The number of aryl methyl sites for hydroxylation is 1. The van der Waals surface area contributed by atoms with E-state index in [0.29, 0.717) is 41.8 Å². The number of nitrogens with zero attached hydrogens (tertiary/aromatic N) is 1. The number of benzene rings is 2. The smallest absolute Gasteiger partial charge is 0.256 e. The average molecular weight is 570 g/mol. The highest BCUT2D eigenvalue weighted by atomic mass is 16.2. The van der Waals surface area contributed by atoms with Gasteiger partial charge in [0.05, 0.1) is 11.6 Å². The van der Waals surface area contributed by atoms with E-state index in [2.05, 4.69) is 39.7 Å². The van der Waals surface area contributed by atoms with E-state index in [4.69, 9.17) is 0 Å². The number of anilines is 1. The summed E-state index contributed by atoms with van der Waals surface area (Å²) >= 11 is 0. The highest BCUT2D eigenvalue weighted by Crippen LogP contribution is 2.35. The molecule has 8 heteroatoms. The molecule has 0 saturated carbocycles. The number of hydrogen-bond acceptors (Lipinski definition) is 4. The van der Waals surface area contributed by atoms with Gasteiger partial charge in [0, 0.05) is 47.7 Å². The molecule has 3 amide bonds. The SMILES string of the molecule is CC[C@@H](NC(=O)c1ccc2c(c1)C(=Cc1[nH]c(C)c(CCC(=O)NCCN(CC)CC)c1C)C(=O)N2)c1ccccc1. The molecule has 42 heavy (non-hydrogen) atoms. The summed E-state index contributed by atoms with van der Waals surface area (Å²) in [6, 6.07) is 15.1. The van der Waals surface area contributed by atoms with E-state index < -0.39 is 0 Å². The van der Waals surface area contributed by atoms with Crippen LogP contribution >= 0.6 is 0 Å². The maximum Gasteiger partial charge on any atom is 0.256 e. The van der Waals surface area contributed by atoms with Crippen LogP contribution in [0.5, 0.6) is 0 Å². The summed E-state index contributed by atoms with van der Waals surface area (Å²) in [5, 5.41) is 9.07. The standard InChI is InChI=1S/C34H43N5O3/c1-6-29(24-12-10-9-11-13-24)37-33(41)25-14-16-30-27(20-25)28(34(42)38-30)21-31-22(4)26(23(5)36-31)15-17-32(40)35-18-19-39(7-2)8-3/h9-14,16,20-21,29,36H,6-8,15,17-19H2,1-5H3,(H,35,40)(H,37,41)(H,38,42)/t29-/m1/s1. The highest BCUT2D eigenvalue weighted by Gasteiger charge is 2.26. The summed E-state index contributed by atoms with van der Waals surface area (Å²) in [6.45, 7) is 13.7. The van der Waals surface area contributed by atoms with Crippen molar-refractivity contribution in [2.24, 2.45) is 0 Å². The van der Waals surface area contributed by atoms with Crippen molar-refractivity contribution < 1.29 is 14.4 Å². The van der Waals surface area contributed by atoms with Gasteiger partial charge in [0.25, 0.3) is 11.8 Å². The van der Waals surface area contributed by atoms with Crippen molar-refractivity contribution in [3.63, 3.8) is 0 Å². The molecule has 1 aromatic heterocycles. The zero-order valence-corrected chi connectivity index (χ0v) is 25.4. The van der Waals surface area contributed by atoms with Gasteiger partial charge in [-0.3, -0.25) is 14.4 Å². The molecular formula is C34H43N5O3. The second-order valence-electron chi connectivity index (χ2n) is 10.8. The summed E-state index contributed by atoms with van der Waals surface area (Å²) in [5.74, 6) is -0.356. The third kappa shape index (κ3) is 7.18. The van der Waals surface area contributed by atoms with E-state index >= 15 is 0 Å². The molecule has 0 aliphatic carbocycles. The zero-order chi connectivity index (χ0) is 30.2. The number of amides is 3. The van der Waals surface area contributed by atoms with Crippen molar-refractivity contribution in [1.29, 1.82) is 0 Å². The Morgan fingerprint density at radius 3 is 2.45 bits per heavy atom. The number of H-pyrrole nitrogens is 1. The maximum absolute atomic E-state index is 13.2. The zero-order valence-electron chi connectivity index (χ0n) is 25.4. The van der Waals surface area contributed by atoms with Gasteiger partial charge in [0.15, 0.2) is 0 Å². The van der Waals surface area contributed by atoms with Crippen LogP contribution in [0.2, 0.25) is 0 Å². The van der Waals surface area contributed by atoms with Gasteiger partial charge >= 0.3 is 0 Å². The van der Waals surface area contributed by atoms with Gasteiger partial charge in [-0.2, -0.15) is 0 Å². The van der Waals surface area contributed by atoms with Crippen molar-refractivity contribution in [3.05, 3.63) is 87.7 Å². The molecule has 0 radical (unpaired) electrons. The summed E-state index contributed by atoms with van der Waals surface area (Å²) in [5.41, 5.74) is 7.33. The van der Waals surface area contributed by atoms with Crippen molar-refractivity contribution >= 4 is 35.1 Å². The minimum atomic E-state index is -0.209. The van der Waals surface area contributed by atoms with E-state index in [-0.39, 0.29) is 23.8 Å². The molecule has 3 aromatic rings. The third-order valence-corrected chi connectivity index (χ3v) is 8.15. The van der Waals surface area contributed by atoms with Crippen molar-refractivity contribution in [3.8, 4) is 0 Å². The molecule has 2 heterocycles. The van der Waals surface area contributed by atoms with Gasteiger partial charge in [-0.25, -0.2) is 0 Å². The van der Waals surface area contributed by atoms with Gasteiger partial charge in [0.2, 0.25) is 5.91 Å². The Labute approximate surface area is 249 Å². The lowest BCUT2D eigenvalue weighted by Crippen LogP contribution is -2.34. The van der Waals surface area contributed by atoms with Gasteiger partial charge in [-0.15, -0.1) is 0 Å². The summed E-state index contributed by atoms with van der Waals surface area (Å²) < 4.78 is 0. The van der Waals surface area contributed by atoms with Crippen LogP contribution < -0.4 is 16.0 Å². The summed E-state index contributed by atoms with van der Waals surface area (Å²) in [7, 11) is 0. The van der Waals surface area contributed by atoms with Crippen LogP contribution in [0.4, 0.5) is 5.69 Å². The number of hydrogen-bond donors (Lipinski definition) is 4. The fourth-order valence-electron chi connectivity index (χ4n) is 5.52. The quantitative estimate of drug-likeness (QED) is 0.207. The molecule has 2 aromatic carbocycles. The molecule has 0 fully saturated rings. The highest BCUT2D eigenvalue weighted by molar-refractivity contribution is 6.35. The minimum absolute atomic E-state index is 0.0366. The average Bonchev–Trinajstić information content (AvgIpc) is 3.46. The summed E-state index contributed by atoms with van der Waals surface area (Å²) in [6.07, 6.45) is 3.62. The topological polar surface area (TPSA) is 106 Å². The van der Waals surface area contributed by atoms with Gasteiger partial charge in [0.1, 0.15) is 0 Å². The second kappa shape index (κ2) is 14.1. The van der Waals surface area contributed by atoms with E-state index in [0.717, 1.165) is 54.1 Å². The van der Waals surface area contributed by atoms with Gasteiger partial charge in [-0.1, -0.05) is 51.1 Å². The molecule has 8 nitrogen and oxygen atoms in total. The van der Waals surface area contributed by atoms with Gasteiger partial charge in [-0.05, 0) is 80.7 Å². The van der Waals surface area contributed by atoms with Crippen LogP contribution in [0.15, 0.2) is 48.5 Å². The number of aromatic amines is 1. The molecule has 1 aliphatic rings. The lowest BCUT2D eigenvalue weighted by Gasteiger charge is -2.17. The second-order valence-corrected chi connectivity index (χ2v) is 10.8. The minimum Gasteiger partial charge on any atom is -0.359 e. The molecule has 4 rings (SSSR count). The number of likely N-dealkylation sites (N-methyl/N-ethyl adjacent to an activating group) is 1. The van der Waals surface area contributed by atoms with Crippen LogP contribution in [-0.4, -0.2) is 53.8 Å². The predicted molar refractivity (Wildman–Crippen MR) is 169 cm³/mol. The van der Waals surface area contributed by atoms with E-state index in [1.807, 2.05) is 57.2 Å². The Morgan fingerprint density at radius 2 is 1.76 bits per heavy atom. The largest absolute Gasteiger partial charge is 0.359 e. The number of carbonyl (C=O) groups is 3. The molecule has 1 atom stereocenters. The summed E-state index contributed by atoms with van der Waals surface area (Å²) in [4.78, 5) is 44.4. The van der Waals surface area contributed by atoms with Crippen LogP contribution in [0.25, 0.3) is 11.6 Å². The van der Waals surface area contributed by atoms with Crippen molar-refractivity contribution in [2.75, 3.05) is 31.5 Å². The van der Waals surface area contributed by atoms with Crippen LogP contribution in [-0.2, 0) is 16.0 Å². The molecule has 222 valence electrons. The first-order chi connectivity index (χ1) is 20.2. The lowest BCUT2D eigenvalue weighted by molar-refractivity contribution is -0.121. The molecule has 0 spiro atoms. The fourth-order valence-corrected chi connectivity index (χ4v) is 5.52. The molecular weight excluding hydrogens is 526 g/mol. The molecule has 1 aliphatic heterocycles. The van der Waals surface area contributed by atoms with E-state index in [9.17, 15) is 14.4 Å². The van der Waals surface area contributed by atoms with Crippen molar-refractivity contribution in [1.82, 2.24) is 20.5 Å². The Kier molecular flexibility index (Phi) is 10.4. The van der Waals surface area contributed by atoms with Crippen LogP contribution in [0.3, 0.4) is 0 Å². The Bertz CT molecular complexity index is 1450. The first-order valence-electron chi connectivity index (χ1n) is 15.0. The number of nitrogens with one attached hydrogen (secondary N) is 4. The fraction of sp³-hybridized carbons (Fsp3) is 0.382. The Hall–Kier alpha value is -4.17. The van der Waals surface area contributed by atoms with Crippen molar-refractivity contribution in [2.45, 2.75) is 59.9 Å². The molecule has 0 unspecified atom stereocenters. The number of rotatable bonds is 13. The first kappa shape index (κ1) is 30.8.